The van der Waals surface area contributed by atoms with Crippen LogP contribution in [0.25, 0.3) is 0 Å². The molecule has 0 unspecified atom stereocenters. The van der Waals surface area contributed by atoms with E-state index in [9.17, 15) is 4.79 Å². The van der Waals surface area contributed by atoms with Crippen molar-refractivity contribution in [2.45, 2.75) is 25.1 Å². The Kier molecular flexibility index (Phi) is 5.30. The number of benzene rings is 2. The third-order valence-corrected chi connectivity index (χ3v) is 5.43. The molecule has 2 heterocycles. The number of nitrogens with zero attached hydrogens (tertiary/aromatic N) is 3. The highest BCUT2D eigenvalue weighted by molar-refractivity contribution is 7.99. The maximum absolute atomic E-state index is 12.3. The van der Waals surface area contributed by atoms with E-state index in [2.05, 4.69) is 15.5 Å². The fraction of sp³-hybridized carbons (Fsp3) is 0.250. The molecule has 1 aliphatic heterocycles. The Morgan fingerprint density at radius 1 is 1.24 bits per heavy atom. The number of thioether (sulfide) groups is 1. The maximum Gasteiger partial charge on any atom is 0.234 e. The van der Waals surface area contributed by atoms with E-state index in [4.69, 9.17) is 15.3 Å². The minimum absolute atomic E-state index is 0.139. The number of para-hydroxylation sites is 2. The number of hydrogen-bond donors (Lipinski definition) is 2. The number of carbonyl (C=O) groups excluding carboxylic acids is 1. The number of ether oxygens (including phenoxy) is 2. The van der Waals surface area contributed by atoms with Gasteiger partial charge in [0, 0.05) is 5.69 Å². The maximum atomic E-state index is 12.3. The van der Waals surface area contributed by atoms with Crippen LogP contribution in [-0.2, 0) is 4.79 Å². The van der Waals surface area contributed by atoms with E-state index in [0.29, 0.717) is 22.5 Å². The van der Waals surface area contributed by atoms with Crippen LogP contribution in [-0.4, -0.2) is 33.1 Å². The van der Waals surface area contributed by atoms with Crippen LogP contribution >= 0.6 is 11.8 Å². The van der Waals surface area contributed by atoms with Gasteiger partial charge in [-0.1, -0.05) is 36.0 Å². The van der Waals surface area contributed by atoms with Gasteiger partial charge in [0.2, 0.25) is 11.1 Å². The Hall–Kier alpha value is -3.20. The van der Waals surface area contributed by atoms with Crippen molar-refractivity contribution < 1.29 is 14.3 Å². The first-order chi connectivity index (χ1) is 14.0. The smallest absolute Gasteiger partial charge is 0.234 e. The van der Waals surface area contributed by atoms with Gasteiger partial charge in [-0.3, -0.25) is 4.79 Å². The molecule has 150 valence electrons. The van der Waals surface area contributed by atoms with Gasteiger partial charge < -0.3 is 20.6 Å². The van der Waals surface area contributed by atoms with E-state index < -0.39 is 6.10 Å². The van der Waals surface area contributed by atoms with Crippen LogP contribution in [0.2, 0.25) is 0 Å². The summed E-state index contributed by atoms with van der Waals surface area (Å²) in [6.45, 7) is 4.22. The number of anilines is 1. The number of carbonyl (C=O) groups is 1. The molecule has 3 N–H and O–H groups in total. The van der Waals surface area contributed by atoms with Crippen LogP contribution in [0, 0.1) is 13.8 Å². The first kappa shape index (κ1) is 19.1. The van der Waals surface area contributed by atoms with Crippen LogP contribution < -0.4 is 20.6 Å². The van der Waals surface area contributed by atoms with Crippen LogP contribution in [0.15, 0.2) is 47.6 Å². The van der Waals surface area contributed by atoms with Gasteiger partial charge >= 0.3 is 0 Å². The average Bonchev–Trinajstić information content (AvgIpc) is 3.09. The van der Waals surface area contributed by atoms with E-state index in [1.807, 2.05) is 56.3 Å². The highest BCUT2D eigenvalue weighted by atomic mass is 32.2. The van der Waals surface area contributed by atoms with Crippen LogP contribution in [0.3, 0.4) is 0 Å². The zero-order valence-corrected chi connectivity index (χ0v) is 16.9. The minimum Gasteiger partial charge on any atom is -0.485 e. The Morgan fingerprint density at radius 2 is 2.03 bits per heavy atom. The third-order valence-electron chi connectivity index (χ3n) is 4.49. The molecule has 2 aromatic carbocycles. The van der Waals surface area contributed by atoms with Crippen LogP contribution in [0.4, 0.5) is 5.69 Å². The molecule has 3 aromatic rings. The number of rotatable bonds is 5. The molecular formula is C20H21N5O3S. The Morgan fingerprint density at radius 3 is 2.86 bits per heavy atom. The molecule has 8 nitrogen and oxygen atoms in total. The van der Waals surface area contributed by atoms with Crippen LogP contribution in [0.1, 0.15) is 23.1 Å². The summed E-state index contributed by atoms with van der Waals surface area (Å²) in [5.41, 5.74) is 2.89. The van der Waals surface area contributed by atoms with E-state index >= 15 is 0 Å². The fourth-order valence-corrected chi connectivity index (χ4v) is 3.60. The van der Waals surface area contributed by atoms with E-state index in [-0.39, 0.29) is 18.3 Å². The lowest BCUT2D eigenvalue weighted by atomic mass is 10.1. The molecule has 9 heteroatoms. The number of aromatic nitrogens is 3. The largest absolute Gasteiger partial charge is 0.485 e. The number of fused-ring (bicyclic) bond motifs is 1. The minimum atomic E-state index is -0.472. The van der Waals surface area contributed by atoms with E-state index in [1.165, 1.54) is 16.4 Å². The molecule has 0 fully saturated rings. The zero-order valence-electron chi connectivity index (χ0n) is 16.1. The van der Waals surface area contributed by atoms with Crippen molar-refractivity contribution in [2.75, 3.05) is 23.5 Å². The lowest BCUT2D eigenvalue weighted by molar-refractivity contribution is -0.113. The number of hydrogen-bond acceptors (Lipinski definition) is 7. The van der Waals surface area contributed by atoms with Crippen molar-refractivity contribution in [1.29, 1.82) is 0 Å². The van der Waals surface area contributed by atoms with Gasteiger partial charge in [0.25, 0.3) is 0 Å². The van der Waals surface area contributed by atoms with Crippen molar-refractivity contribution in [3.05, 3.63) is 59.4 Å². The van der Waals surface area contributed by atoms with Gasteiger partial charge in [-0.2, -0.15) is 0 Å². The predicted molar refractivity (Wildman–Crippen MR) is 111 cm³/mol. The van der Waals surface area contributed by atoms with Gasteiger partial charge in [0.1, 0.15) is 6.61 Å². The quantitative estimate of drug-likeness (QED) is 0.491. The molecule has 0 saturated heterocycles. The number of nitrogens with one attached hydrogen (secondary N) is 1. The Labute approximate surface area is 172 Å². The molecule has 1 aromatic heterocycles. The molecule has 1 amide bonds. The van der Waals surface area contributed by atoms with Gasteiger partial charge in [0.15, 0.2) is 23.4 Å². The second-order valence-electron chi connectivity index (χ2n) is 6.73. The molecule has 1 atom stereocenters. The standard InChI is InChI=1S/C20H21N5O3S/c1-12-7-8-13(2)14(9-12)22-18(26)11-29-20-24-23-19(25(20)21)17-10-27-15-5-3-4-6-16(15)28-17/h3-9,17H,10-11,21H2,1-2H3,(H,22,26)/t17-/m0/s1. The molecule has 0 spiro atoms. The lowest BCUT2D eigenvalue weighted by Gasteiger charge is -2.25. The highest BCUT2D eigenvalue weighted by Crippen LogP contribution is 2.35. The molecular weight excluding hydrogens is 390 g/mol. The zero-order chi connectivity index (χ0) is 20.4. The predicted octanol–water partition coefficient (Wildman–Crippen LogP) is 2.85. The normalized spacial score (nSPS) is 15.2. The molecule has 29 heavy (non-hydrogen) atoms. The van der Waals surface area contributed by atoms with E-state index in [0.717, 1.165) is 16.8 Å². The van der Waals surface area contributed by atoms with Crippen molar-refractivity contribution in [1.82, 2.24) is 14.9 Å². The monoisotopic (exact) mass is 411 g/mol. The summed E-state index contributed by atoms with van der Waals surface area (Å²) in [5.74, 6) is 7.92. The van der Waals surface area contributed by atoms with Crippen LogP contribution in [0.5, 0.6) is 11.5 Å². The summed E-state index contributed by atoms with van der Waals surface area (Å²) < 4.78 is 13.0. The first-order valence-corrected chi connectivity index (χ1v) is 10.1. The molecule has 0 radical (unpaired) electrons. The fourth-order valence-electron chi connectivity index (χ4n) is 2.94. The molecule has 1 aliphatic rings. The molecule has 4 rings (SSSR count). The molecule has 0 saturated carbocycles. The van der Waals surface area contributed by atoms with Gasteiger partial charge in [-0.15, -0.1) is 10.2 Å². The lowest BCUT2D eigenvalue weighted by Crippen LogP contribution is -2.27. The second-order valence-corrected chi connectivity index (χ2v) is 7.67. The summed E-state index contributed by atoms with van der Waals surface area (Å²) >= 11 is 1.21. The summed E-state index contributed by atoms with van der Waals surface area (Å²) in [5, 5.41) is 11.6. The summed E-state index contributed by atoms with van der Waals surface area (Å²) in [4.78, 5) is 12.3. The van der Waals surface area contributed by atoms with Crippen molar-refractivity contribution >= 4 is 23.4 Å². The number of nitrogens with two attached hydrogens (primary N) is 1. The third kappa shape index (κ3) is 4.14. The Balaban J connectivity index is 1.39. The number of aryl methyl sites for hydroxylation is 2. The van der Waals surface area contributed by atoms with Gasteiger partial charge in [0.05, 0.1) is 5.75 Å². The first-order valence-electron chi connectivity index (χ1n) is 9.10. The van der Waals surface area contributed by atoms with Gasteiger partial charge in [-0.25, -0.2) is 4.68 Å². The number of amides is 1. The average molecular weight is 411 g/mol. The second kappa shape index (κ2) is 8.04. The highest BCUT2D eigenvalue weighted by Gasteiger charge is 2.28. The van der Waals surface area contributed by atoms with Crippen molar-refractivity contribution in [2.24, 2.45) is 0 Å². The SMILES string of the molecule is Cc1ccc(C)c(NC(=O)CSc2nnc([C@@H]3COc4ccccc4O3)n2N)c1. The van der Waals surface area contributed by atoms with Crippen molar-refractivity contribution in [3.63, 3.8) is 0 Å². The van der Waals surface area contributed by atoms with Gasteiger partial charge in [-0.05, 0) is 43.2 Å². The Bertz CT molecular complexity index is 1050. The summed E-state index contributed by atoms with van der Waals surface area (Å²) in [7, 11) is 0. The molecule has 0 aliphatic carbocycles. The topological polar surface area (TPSA) is 104 Å². The van der Waals surface area contributed by atoms with Crippen molar-refractivity contribution in [3.8, 4) is 11.5 Å². The number of nitrogen functional groups attached to an aromatic ring is 1. The van der Waals surface area contributed by atoms with E-state index in [1.54, 1.807) is 0 Å². The molecule has 0 bridgehead atoms. The summed E-state index contributed by atoms with van der Waals surface area (Å²) in [6.07, 6.45) is -0.472. The summed E-state index contributed by atoms with van der Waals surface area (Å²) in [6, 6.07) is 13.3.